The van der Waals surface area contributed by atoms with Crippen LogP contribution in [0.1, 0.15) is 18.7 Å². The maximum Gasteiger partial charge on any atom is 0.343 e. The monoisotopic (exact) mass is 527 g/mol. The van der Waals surface area contributed by atoms with Crippen molar-refractivity contribution in [3.05, 3.63) is 100 Å². The zero-order valence-electron chi connectivity index (χ0n) is 19.9. The number of benzene rings is 3. The van der Waals surface area contributed by atoms with Gasteiger partial charge in [0.15, 0.2) is 5.65 Å². The molecule has 3 aromatic heterocycles. The lowest BCUT2D eigenvalue weighted by Gasteiger charge is -2.18. The third-order valence-electron chi connectivity index (χ3n) is 6.40. The summed E-state index contributed by atoms with van der Waals surface area (Å²) in [7, 11) is 0. The van der Waals surface area contributed by atoms with Gasteiger partial charge in [-0.25, -0.2) is 23.8 Å². The van der Waals surface area contributed by atoms with Gasteiger partial charge in [-0.2, -0.15) is 5.10 Å². The number of anilines is 1. The Labute approximate surface area is 219 Å². The highest BCUT2D eigenvalue weighted by Gasteiger charge is 2.27. The van der Waals surface area contributed by atoms with Crippen LogP contribution in [0.2, 0.25) is 5.02 Å². The Bertz CT molecular complexity index is 1900. The number of fused-ring (bicyclic) bond motifs is 2. The third-order valence-corrected chi connectivity index (χ3v) is 6.64. The van der Waals surface area contributed by atoms with E-state index < -0.39 is 17.5 Å². The summed E-state index contributed by atoms with van der Waals surface area (Å²) in [6.45, 7) is 1.80. The molecule has 1 atom stereocenters. The van der Waals surface area contributed by atoms with Gasteiger partial charge in [0, 0.05) is 27.6 Å². The molecule has 0 aliphatic heterocycles. The molecule has 6 rings (SSSR count). The molecular formula is C28H19ClFN5O3. The molecule has 1 unspecified atom stereocenters. The first kappa shape index (κ1) is 23.6. The van der Waals surface area contributed by atoms with Crippen LogP contribution in [-0.4, -0.2) is 24.9 Å². The summed E-state index contributed by atoms with van der Waals surface area (Å²) in [5, 5.41) is 16.6. The van der Waals surface area contributed by atoms with Crippen molar-refractivity contribution in [1.82, 2.24) is 19.7 Å². The number of halogens is 2. The van der Waals surface area contributed by atoms with Crippen LogP contribution in [-0.2, 0) is 0 Å². The van der Waals surface area contributed by atoms with Crippen LogP contribution in [0, 0.1) is 5.82 Å². The molecule has 188 valence electrons. The summed E-state index contributed by atoms with van der Waals surface area (Å²) in [5.41, 5.74) is 8.07. The van der Waals surface area contributed by atoms with Crippen molar-refractivity contribution in [1.29, 1.82) is 0 Å². The van der Waals surface area contributed by atoms with Gasteiger partial charge in [0.25, 0.3) is 0 Å². The summed E-state index contributed by atoms with van der Waals surface area (Å²) in [6.07, 6.45) is 1.30. The van der Waals surface area contributed by atoms with Gasteiger partial charge < -0.3 is 15.3 Å². The molecule has 10 heteroatoms. The quantitative estimate of drug-likeness (QED) is 0.290. The zero-order chi connectivity index (χ0) is 26.6. The molecular weight excluding hydrogens is 509 g/mol. The molecule has 3 heterocycles. The molecule has 38 heavy (non-hydrogen) atoms. The Morgan fingerprint density at radius 1 is 1.03 bits per heavy atom. The average Bonchev–Trinajstić information content (AvgIpc) is 3.29. The maximum absolute atomic E-state index is 14.2. The van der Waals surface area contributed by atoms with E-state index in [-0.39, 0.29) is 22.8 Å². The Balaban J connectivity index is 1.66. The van der Waals surface area contributed by atoms with Gasteiger partial charge in [-0.05, 0) is 42.8 Å². The zero-order valence-corrected chi connectivity index (χ0v) is 20.6. The van der Waals surface area contributed by atoms with Gasteiger partial charge in [0.05, 0.1) is 10.8 Å². The SMILES string of the molecule is CC(c1oc(=O)c2ccc(Cl)cc2c1-c1ccccc1)n1nc(-c2cc(O)cc(F)c2)c2c(N)ncnc21. The number of phenols is 1. The maximum atomic E-state index is 14.2. The van der Waals surface area contributed by atoms with E-state index >= 15 is 0 Å². The van der Waals surface area contributed by atoms with Crippen molar-refractivity contribution >= 4 is 39.2 Å². The van der Waals surface area contributed by atoms with E-state index in [9.17, 15) is 14.3 Å². The lowest BCUT2D eigenvalue weighted by atomic mass is 9.96. The highest BCUT2D eigenvalue weighted by atomic mass is 35.5. The van der Waals surface area contributed by atoms with E-state index in [1.165, 1.54) is 18.5 Å². The minimum absolute atomic E-state index is 0.127. The summed E-state index contributed by atoms with van der Waals surface area (Å²) in [4.78, 5) is 21.6. The molecule has 0 amide bonds. The summed E-state index contributed by atoms with van der Waals surface area (Å²) < 4.78 is 21.7. The number of hydrogen-bond donors (Lipinski definition) is 2. The van der Waals surface area contributed by atoms with Gasteiger partial charge >= 0.3 is 5.63 Å². The largest absolute Gasteiger partial charge is 0.508 e. The number of aromatic hydroxyl groups is 1. The summed E-state index contributed by atoms with van der Waals surface area (Å²) in [5.74, 6) is -0.460. The van der Waals surface area contributed by atoms with Crippen molar-refractivity contribution < 1.29 is 13.9 Å². The van der Waals surface area contributed by atoms with Crippen molar-refractivity contribution in [2.45, 2.75) is 13.0 Å². The van der Waals surface area contributed by atoms with Crippen molar-refractivity contribution in [3.8, 4) is 28.1 Å². The van der Waals surface area contributed by atoms with Crippen molar-refractivity contribution in [3.63, 3.8) is 0 Å². The fourth-order valence-electron chi connectivity index (χ4n) is 4.73. The van der Waals surface area contributed by atoms with Crippen molar-refractivity contribution in [2.24, 2.45) is 0 Å². The number of phenolic OH excluding ortho intramolecular Hbond substituents is 1. The minimum atomic E-state index is -0.672. The Kier molecular flexibility index (Phi) is 5.57. The molecule has 0 radical (unpaired) electrons. The van der Waals surface area contributed by atoms with Gasteiger partial charge in [0.2, 0.25) is 0 Å². The first-order valence-corrected chi connectivity index (χ1v) is 12.0. The van der Waals surface area contributed by atoms with E-state index in [4.69, 9.17) is 26.9 Å². The smallest absolute Gasteiger partial charge is 0.343 e. The van der Waals surface area contributed by atoms with E-state index in [1.807, 2.05) is 30.3 Å². The highest BCUT2D eigenvalue weighted by Crippen LogP contribution is 2.39. The Hall–Kier alpha value is -4.76. The molecule has 0 spiro atoms. The van der Waals surface area contributed by atoms with Gasteiger partial charge in [-0.15, -0.1) is 0 Å². The van der Waals surface area contributed by atoms with E-state index in [2.05, 4.69) is 9.97 Å². The normalized spacial score (nSPS) is 12.3. The lowest BCUT2D eigenvalue weighted by Crippen LogP contribution is -2.14. The predicted molar refractivity (Wildman–Crippen MR) is 144 cm³/mol. The van der Waals surface area contributed by atoms with Gasteiger partial charge in [-0.1, -0.05) is 41.9 Å². The number of nitrogens with two attached hydrogens (primary N) is 1. The number of rotatable bonds is 4. The Morgan fingerprint density at radius 3 is 2.58 bits per heavy atom. The van der Waals surface area contributed by atoms with E-state index in [1.54, 1.807) is 29.8 Å². The molecule has 0 aliphatic rings. The number of nitrogens with zero attached hydrogens (tertiary/aromatic N) is 4. The molecule has 0 saturated heterocycles. The van der Waals surface area contributed by atoms with Crippen LogP contribution in [0.15, 0.2) is 82.3 Å². The lowest BCUT2D eigenvalue weighted by molar-refractivity contribution is 0.405. The van der Waals surface area contributed by atoms with Gasteiger partial charge in [-0.3, -0.25) is 0 Å². The molecule has 0 fully saturated rings. The second-order valence-electron chi connectivity index (χ2n) is 8.81. The van der Waals surface area contributed by atoms with E-state index in [0.717, 1.165) is 11.6 Å². The summed E-state index contributed by atoms with van der Waals surface area (Å²) >= 11 is 6.34. The second-order valence-corrected chi connectivity index (χ2v) is 9.25. The standard InChI is InChI=1S/C28H19ClFN5O3/c1-14(25-22(15-5-3-2-4-6-15)21-11-17(29)7-8-20(21)28(37)38-25)35-27-23(26(31)32-13-33-27)24(34-35)16-9-18(30)12-19(36)10-16/h2-14,36H,1H3,(H2,31,32,33). The first-order chi connectivity index (χ1) is 18.3. The van der Waals surface area contributed by atoms with Gasteiger partial charge in [0.1, 0.15) is 41.2 Å². The Morgan fingerprint density at radius 2 is 1.82 bits per heavy atom. The van der Waals surface area contributed by atoms with E-state index in [0.29, 0.717) is 38.2 Å². The van der Waals surface area contributed by atoms with Crippen LogP contribution in [0.4, 0.5) is 10.2 Å². The average molecular weight is 528 g/mol. The topological polar surface area (TPSA) is 120 Å². The molecule has 0 saturated carbocycles. The fourth-order valence-corrected chi connectivity index (χ4v) is 4.90. The number of aromatic nitrogens is 4. The van der Waals surface area contributed by atoms with Crippen LogP contribution in [0.5, 0.6) is 5.75 Å². The molecule has 3 N–H and O–H groups in total. The predicted octanol–water partition coefficient (Wildman–Crippen LogP) is 5.96. The number of hydrogen-bond acceptors (Lipinski definition) is 7. The third kappa shape index (κ3) is 3.84. The fraction of sp³-hybridized carbons (Fsp3) is 0.0714. The first-order valence-electron chi connectivity index (χ1n) is 11.6. The van der Waals surface area contributed by atoms with Crippen LogP contribution in [0.3, 0.4) is 0 Å². The second kappa shape index (κ2) is 8.97. The number of nitrogen functional groups attached to an aromatic ring is 1. The molecule has 0 bridgehead atoms. The van der Waals surface area contributed by atoms with Crippen LogP contribution in [0.25, 0.3) is 44.2 Å². The molecule has 8 nitrogen and oxygen atoms in total. The highest BCUT2D eigenvalue weighted by molar-refractivity contribution is 6.31. The minimum Gasteiger partial charge on any atom is -0.508 e. The molecule has 6 aromatic rings. The van der Waals surface area contributed by atoms with Crippen LogP contribution < -0.4 is 11.4 Å². The summed E-state index contributed by atoms with van der Waals surface area (Å²) in [6, 6.07) is 17.4. The van der Waals surface area contributed by atoms with Crippen LogP contribution >= 0.6 is 11.6 Å². The molecule has 0 aliphatic carbocycles. The molecule has 3 aromatic carbocycles. The van der Waals surface area contributed by atoms with Crippen molar-refractivity contribution in [2.75, 3.05) is 5.73 Å².